The van der Waals surface area contributed by atoms with Crippen molar-refractivity contribution in [2.45, 2.75) is 146 Å². The highest BCUT2D eigenvalue weighted by Crippen LogP contribution is 2.45. The predicted octanol–water partition coefficient (Wildman–Crippen LogP) is 11.3. The van der Waals surface area contributed by atoms with E-state index < -0.39 is 86.2 Å². The first-order valence-electron chi connectivity index (χ1n) is 23.9. The first-order chi connectivity index (χ1) is 33.0. The van der Waals surface area contributed by atoms with Gasteiger partial charge in [0, 0.05) is 37.0 Å². The summed E-state index contributed by atoms with van der Waals surface area (Å²) >= 11 is 0. The van der Waals surface area contributed by atoms with Gasteiger partial charge in [0.05, 0.1) is 22.0 Å². The van der Waals surface area contributed by atoms with Crippen LogP contribution in [0.5, 0.6) is 5.75 Å². The first kappa shape index (κ1) is 57.5. The maximum absolute atomic E-state index is 14.5. The van der Waals surface area contributed by atoms with Gasteiger partial charge < -0.3 is 15.7 Å². The number of hydrogen-bond donors (Lipinski definition) is 5. The van der Waals surface area contributed by atoms with Crippen LogP contribution in [0.4, 0.5) is 22.7 Å². The lowest BCUT2D eigenvalue weighted by molar-refractivity contribution is -0.132. The van der Waals surface area contributed by atoms with Gasteiger partial charge in [0.25, 0.3) is 20.2 Å². The third-order valence-corrected chi connectivity index (χ3v) is 16.0. The number of phenolic OH excluding ortho intramolecular Hbond substituents is 1. The number of anilines is 2. The Hall–Kier alpha value is -5.12. The number of carbonyl (C=O) groups excluding carboxylic acids is 3. The predicted molar refractivity (Wildman–Crippen MR) is 273 cm³/mol. The second kappa shape index (κ2) is 26.4. The highest BCUT2D eigenvalue weighted by atomic mass is 32.2. The van der Waals surface area contributed by atoms with E-state index in [1.165, 1.54) is 120 Å². The van der Waals surface area contributed by atoms with Crippen LogP contribution in [-0.2, 0) is 44.6 Å². The molecule has 20 heteroatoms. The maximum Gasteiger partial charge on any atom is 0.296 e. The molecule has 0 radical (unpaired) electrons. The van der Waals surface area contributed by atoms with Gasteiger partial charge in [0.15, 0.2) is 11.5 Å². The molecule has 70 heavy (non-hydrogen) atoms. The minimum absolute atomic E-state index is 0.000513. The normalized spacial score (nSPS) is 13.0. The minimum atomic E-state index is -5.19. The van der Waals surface area contributed by atoms with E-state index in [1.807, 2.05) is 0 Å². The number of azo groups is 1. The van der Waals surface area contributed by atoms with E-state index in [0.29, 0.717) is 12.1 Å². The van der Waals surface area contributed by atoms with Crippen molar-refractivity contribution < 1.29 is 53.8 Å². The van der Waals surface area contributed by atoms with Gasteiger partial charge in [-0.1, -0.05) is 147 Å². The van der Waals surface area contributed by atoms with Crippen LogP contribution >= 0.6 is 0 Å². The Morgan fingerprint density at radius 3 is 1.71 bits per heavy atom. The average molecular weight is 1030 g/mol. The number of para-hydroxylation sites is 1. The van der Waals surface area contributed by atoms with E-state index in [-0.39, 0.29) is 34.3 Å². The molecule has 384 valence electrons. The standard InChI is InChI=1S/C50H69N5O12S3/c1-6-7-8-9-10-11-12-13-14-15-16-17-18-19-20-24-31-55(5)68(60,61)35-50(3,4)48(58)45(49(59)52-39-25-22-21-23-26-39)37-27-29-40(30-28-37)53-54-46-43(70(65,66)67)33-38-32-41(69(62,63)64)34-42(51-36(2)56)44(38)47(46)57/h21-23,25-30,32-34,45,57H,6-20,24,31,35H2,1-5H3,(H,51,56)(H,52,59)(H,62,63,64)(H,65,66,67). The number of phenols is 1. The molecule has 0 spiro atoms. The molecule has 17 nitrogen and oxygen atoms in total. The van der Waals surface area contributed by atoms with Crippen LogP contribution in [0.1, 0.15) is 142 Å². The molecule has 2 amide bonds. The van der Waals surface area contributed by atoms with E-state index in [2.05, 4.69) is 27.8 Å². The SMILES string of the molecule is CCCCCCCCCCCCCCCCCCN(C)S(=O)(=O)CC(C)(C)C(=O)C(C(=O)Nc1ccccc1)c1ccc(N=Nc2c(S(=O)(=O)O)cc3cc(S(=O)(=O)O)cc(NC(C)=O)c3c2O)cc1. The van der Waals surface area contributed by atoms with Crippen LogP contribution in [0.15, 0.2) is 92.8 Å². The quantitative estimate of drug-likeness (QED) is 0.0141. The van der Waals surface area contributed by atoms with Gasteiger partial charge in [-0.05, 0) is 59.8 Å². The molecule has 4 aromatic carbocycles. The Bertz CT molecular complexity index is 2780. The number of fused-ring (bicyclic) bond motifs is 1. The largest absolute Gasteiger partial charge is 0.505 e. The summed E-state index contributed by atoms with van der Waals surface area (Å²) in [7, 11) is -12.6. The zero-order chi connectivity index (χ0) is 51.7. The fourth-order valence-electron chi connectivity index (χ4n) is 8.24. The molecule has 0 saturated carbocycles. The van der Waals surface area contributed by atoms with Crippen LogP contribution < -0.4 is 10.6 Å². The highest BCUT2D eigenvalue weighted by Gasteiger charge is 2.42. The van der Waals surface area contributed by atoms with Gasteiger partial charge in [-0.15, -0.1) is 5.11 Å². The molecule has 4 aromatic rings. The highest BCUT2D eigenvalue weighted by molar-refractivity contribution is 7.89. The number of aromatic hydroxyl groups is 1. The molecule has 0 aliphatic rings. The second-order valence-corrected chi connectivity index (χ2v) is 23.4. The molecule has 0 aliphatic carbocycles. The van der Waals surface area contributed by atoms with Crippen molar-refractivity contribution in [1.29, 1.82) is 0 Å². The third-order valence-electron chi connectivity index (χ3n) is 12.1. The molecular weight excluding hydrogens is 959 g/mol. The molecule has 1 unspecified atom stereocenters. The molecule has 5 N–H and O–H groups in total. The van der Waals surface area contributed by atoms with Crippen molar-refractivity contribution in [3.05, 3.63) is 78.4 Å². The summed E-state index contributed by atoms with van der Waals surface area (Å²) < 4.78 is 97.6. The van der Waals surface area contributed by atoms with Crippen molar-refractivity contribution >= 4 is 81.4 Å². The number of sulfonamides is 1. The summed E-state index contributed by atoms with van der Waals surface area (Å²) in [4.78, 5) is 38.7. The number of carbonyl (C=O) groups is 3. The zero-order valence-corrected chi connectivity index (χ0v) is 43.3. The Kier molecular flexibility index (Phi) is 21.6. The Labute approximate surface area is 413 Å². The van der Waals surface area contributed by atoms with Crippen LogP contribution in [0.2, 0.25) is 0 Å². The number of Topliss-reactive ketones (excluding diaryl/α,β-unsaturated/α-hetero) is 1. The van der Waals surface area contributed by atoms with E-state index in [0.717, 1.165) is 50.8 Å². The Balaban J connectivity index is 1.48. The lowest BCUT2D eigenvalue weighted by atomic mass is 9.79. The summed E-state index contributed by atoms with van der Waals surface area (Å²) in [6.45, 7) is 6.55. The number of hydrogen-bond acceptors (Lipinski definition) is 12. The van der Waals surface area contributed by atoms with E-state index >= 15 is 0 Å². The van der Waals surface area contributed by atoms with Crippen molar-refractivity contribution in [1.82, 2.24) is 4.31 Å². The Morgan fingerprint density at radius 2 is 1.21 bits per heavy atom. The molecule has 0 bridgehead atoms. The molecule has 0 heterocycles. The van der Waals surface area contributed by atoms with Gasteiger partial charge in [-0.25, -0.2) is 12.7 Å². The first-order valence-corrected chi connectivity index (χ1v) is 28.4. The Morgan fingerprint density at radius 1 is 0.686 bits per heavy atom. The van der Waals surface area contributed by atoms with E-state index in [9.17, 15) is 53.8 Å². The number of ketones is 1. The number of rotatable bonds is 30. The maximum atomic E-state index is 14.5. The van der Waals surface area contributed by atoms with Gasteiger partial charge in [-0.3, -0.25) is 23.5 Å². The third kappa shape index (κ3) is 17.3. The van der Waals surface area contributed by atoms with Gasteiger partial charge in [0.2, 0.25) is 21.8 Å². The second-order valence-electron chi connectivity index (χ2n) is 18.5. The number of amides is 2. The van der Waals surface area contributed by atoms with Crippen LogP contribution in [0.25, 0.3) is 10.8 Å². The topological polar surface area (TPSA) is 266 Å². The van der Waals surface area contributed by atoms with Crippen LogP contribution in [-0.4, -0.2) is 80.7 Å². The summed E-state index contributed by atoms with van der Waals surface area (Å²) in [6.07, 6.45) is 19.2. The van der Waals surface area contributed by atoms with Gasteiger partial charge in [-0.2, -0.15) is 21.9 Å². The van der Waals surface area contributed by atoms with Gasteiger partial charge >= 0.3 is 0 Å². The molecule has 0 saturated heterocycles. The summed E-state index contributed by atoms with van der Waals surface area (Å²) in [5.41, 5.74) is -2.16. The molecule has 0 aliphatic heterocycles. The number of nitrogens with zero attached hydrogens (tertiary/aromatic N) is 3. The van der Waals surface area contributed by atoms with E-state index in [1.54, 1.807) is 30.3 Å². The summed E-state index contributed by atoms with van der Waals surface area (Å²) in [5.74, 6) is -5.15. The van der Waals surface area contributed by atoms with Crippen molar-refractivity contribution in [2.24, 2.45) is 15.6 Å². The lowest BCUT2D eigenvalue weighted by Gasteiger charge is -2.30. The molecule has 1 atom stereocenters. The molecule has 4 rings (SSSR count). The minimum Gasteiger partial charge on any atom is -0.505 e. The average Bonchev–Trinajstić information content (AvgIpc) is 3.27. The van der Waals surface area contributed by atoms with Gasteiger partial charge in [0.1, 0.15) is 16.5 Å². The van der Waals surface area contributed by atoms with E-state index in [4.69, 9.17) is 0 Å². The fraction of sp³-hybridized carbons (Fsp3) is 0.500. The van der Waals surface area contributed by atoms with Crippen LogP contribution in [0.3, 0.4) is 0 Å². The number of benzene rings is 4. The van der Waals surface area contributed by atoms with Crippen molar-refractivity contribution in [3.8, 4) is 5.75 Å². The smallest absolute Gasteiger partial charge is 0.296 e. The number of unbranched alkanes of at least 4 members (excludes halogenated alkanes) is 15. The molecular formula is C50H69N5O12S3. The van der Waals surface area contributed by atoms with Crippen LogP contribution in [0, 0.1) is 5.41 Å². The van der Waals surface area contributed by atoms with Crippen molar-refractivity contribution in [2.75, 3.05) is 30.0 Å². The monoisotopic (exact) mass is 1030 g/mol. The fourth-order valence-corrected chi connectivity index (χ4v) is 11.1. The molecule has 0 fully saturated rings. The lowest BCUT2D eigenvalue weighted by Crippen LogP contribution is -2.43. The summed E-state index contributed by atoms with van der Waals surface area (Å²) in [6, 6.07) is 16.2. The molecule has 0 aromatic heterocycles. The van der Waals surface area contributed by atoms with Crippen molar-refractivity contribution in [3.63, 3.8) is 0 Å². The zero-order valence-electron chi connectivity index (χ0n) is 40.8. The number of nitrogens with one attached hydrogen (secondary N) is 2. The summed E-state index contributed by atoms with van der Waals surface area (Å²) in [5, 5.41) is 23.6.